The summed E-state index contributed by atoms with van der Waals surface area (Å²) in [6.45, 7) is 15.2. The van der Waals surface area contributed by atoms with Gasteiger partial charge in [-0.05, 0) is 31.1 Å². The van der Waals surface area contributed by atoms with Crippen LogP contribution in [0.3, 0.4) is 0 Å². The zero-order chi connectivity index (χ0) is 9.26. The van der Waals surface area contributed by atoms with Gasteiger partial charge in [-0.15, -0.1) is 0 Å². The molecule has 0 radical (unpaired) electrons. The summed E-state index contributed by atoms with van der Waals surface area (Å²) in [6.07, 6.45) is 3.94. The van der Waals surface area contributed by atoms with E-state index in [2.05, 4.69) is 9.69 Å². The van der Waals surface area contributed by atoms with Gasteiger partial charge in [-0.2, -0.15) is 0 Å². The Kier molecular flexibility index (Phi) is 2.23. The highest BCUT2D eigenvalue weighted by atomic mass is 14.7. The lowest BCUT2D eigenvalue weighted by atomic mass is 9.79. The number of fused-ring (bicyclic) bond motifs is 2. The van der Waals surface area contributed by atoms with Gasteiger partial charge in [-0.1, -0.05) is 0 Å². The third-order valence-corrected chi connectivity index (χ3v) is 3.88. The topological polar surface area (TPSA) is 8.72 Å². The molecule has 0 heterocycles. The van der Waals surface area contributed by atoms with Gasteiger partial charge in [-0.3, -0.25) is 0 Å². The van der Waals surface area contributed by atoms with Crippen LogP contribution in [0.2, 0.25) is 0 Å². The van der Waals surface area contributed by atoms with Crippen LogP contribution < -0.4 is 0 Å². The molecular formula is C11H14N2. The van der Waals surface area contributed by atoms with E-state index in [0.29, 0.717) is 24.9 Å². The minimum absolute atomic E-state index is 0.561. The second-order valence-corrected chi connectivity index (χ2v) is 4.34. The van der Waals surface area contributed by atoms with Crippen LogP contribution in [0, 0.1) is 36.8 Å². The molecule has 0 saturated heterocycles. The molecule has 68 valence electrons. The van der Waals surface area contributed by atoms with Gasteiger partial charge < -0.3 is 9.69 Å². The first kappa shape index (κ1) is 8.57. The maximum absolute atomic E-state index is 6.92. The molecule has 0 aromatic heterocycles. The van der Waals surface area contributed by atoms with Crippen molar-refractivity contribution >= 4 is 0 Å². The summed E-state index contributed by atoms with van der Waals surface area (Å²) in [6, 6.07) is 0. The number of rotatable bonds is 2. The van der Waals surface area contributed by atoms with Crippen LogP contribution in [-0.2, 0) is 0 Å². The van der Waals surface area contributed by atoms with E-state index in [1.54, 1.807) is 0 Å². The number of nitrogens with zero attached hydrogens (tertiary/aromatic N) is 2. The average molecular weight is 174 g/mol. The van der Waals surface area contributed by atoms with Gasteiger partial charge in [0.05, 0.1) is 0 Å². The summed E-state index contributed by atoms with van der Waals surface area (Å²) in [7, 11) is 0. The van der Waals surface area contributed by atoms with Gasteiger partial charge in [-0.25, -0.2) is 13.1 Å². The van der Waals surface area contributed by atoms with Crippen LogP contribution >= 0.6 is 0 Å². The Hall–Kier alpha value is -1.02. The second-order valence-electron chi connectivity index (χ2n) is 4.34. The Morgan fingerprint density at radius 1 is 0.923 bits per heavy atom. The molecule has 0 amide bonds. The van der Waals surface area contributed by atoms with Gasteiger partial charge in [0.15, 0.2) is 0 Å². The van der Waals surface area contributed by atoms with Crippen molar-refractivity contribution in [3.63, 3.8) is 0 Å². The Bertz CT molecular complexity index is 243. The van der Waals surface area contributed by atoms with Crippen molar-refractivity contribution < 1.29 is 0 Å². The zero-order valence-corrected chi connectivity index (χ0v) is 7.74. The van der Waals surface area contributed by atoms with E-state index in [1.807, 2.05) is 0 Å². The smallest absolute Gasteiger partial charge is 0.218 e. The van der Waals surface area contributed by atoms with Gasteiger partial charge in [0.1, 0.15) is 0 Å². The first-order valence-electron chi connectivity index (χ1n) is 5.03. The molecule has 2 rings (SSSR count). The molecule has 0 spiro atoms. The first-order chi connectivity index (χ1) is 6.36. The summed E-state index contributed by atoms with van der Waals surface area (Å²) >= 11 is 0. The highest BCUT2D eigenvalue weighted by Gasteiger charge is 2.50. The molecule has 2 heteroatoms. The molecule has 2 fully saturated rings. The lowest BCUT2D eigenvalue weighted by molar-refractivity contribution is 0.251. The predicted molar refractivity (Wildman–Crippen MR) is 50.7 cm³/mol. The lowest BCUT2D eigenvalue weighted by Gasteiger charge is -2.23. The normalized spacial score (nSPS) is 41.4. The standard InChI is InChI=1S/C11H14N2/c1-12-6-10-8-3-4-9(5-8)11(10)7-13-2/h8-11H,3-7H2. The monoisotopic (exact) mass is 174 g/mol. The highest BCUT2D eigenvalue weighted by Crippen LogP contribution is 2.52. The maximum Gasteiger partial charge on any atom is 0.218 e. The molecule has 0 aliphatic heterocycles. The fourth-order valence-corrected chi connectivity index (χ4v) is 3.31. The Morgan fingerprint density at radius 3 is 1.77 bits per heavy atom. The first-order valence-corrected chi connectivity index (χ1v) is 5.03. The van der Waals surface area contributed by atoms with Crippen LogP contribution in [-0.4, -0.2) is 13.1 Å². The second kappa shape index (κ2) is 3.38. The van der Waals surface area contributed by atoms with Gasteiger partial charge in [0.2, 0.25) is 13.1 Å². The van der Waals surface area contributed by atoms with Crippen LogP contribution in [0.25, 0.3) is 9.69 Å². The number of hydrogen-bond donors (Lipinski definition) is 0. The van der Waals surface area contributed by atoms with E-state index in [1.165, 1.54) is 19.3 Å². The summed E-state index contributed by atoms with van der Waals surface area (Å²) in [5.41, 5.74) is 0. The molecule has 2 aliphatic rings. The highest BCUT2D eigenvalue weighted by molar-refractivity contribution is 5.00. The SMILES string of the molecule is [C-]#[N+]CC1C2CCC(C2)C1C[N+]#[C-]. The van der Waals surface area contributed by atoms with E-state index >= 15 is 0 Å². The maximum atomic E-state index is 6.92. The van der Waals surface area contributed by atoms with Crippen LogP contribution in [0.15, 0.2) is 0 Å². The van der Waals surface area contributed by atoms with E-state index in [9.17, 15) is 0 Å². The Balaban J connectivity index is 2.07. The van der Waals surface area contributed by atoms with Crippen LogP contribution in [0.5, 0.6) is 0 Å². The van der Waals surface area contributed by atoms with Gasteiger partial charge in [0.25, 0.3) is 0 Å². The fourth-order valence-electron chi connectivity index (χ4n) is 3.31. The molecule has 13 heavy (non-hydrogen) atoms. The summed E-state index contributed by atoms with van der Waals surface area (Å²) in [5, 5.41) is 0. The summed E-state index contributed by atoms with van der Waals surface area (Å²) in [5.74, 6) is 2.69. The molecule has 0 aromatic rings. The van der Waals surface area contributed by atoms with Crippen molar-refractivity contribution in [2.24, 2.45) is 23.7 Å². The average Bonchev–Trinajstić information content (AvgIpc) is 2.69. The fraction of sp³-hybridized carbons (Fsp3) is 0.818. The molecule has 0 N–H and O–H groups in total. The molecule has 2 saturated carbocycles. The van der Waals surface area contributed by atoms with E-state index in [-0.39, 0.29) is 0 Å². The van der Waals surface area contributed by atoms with Crippen molar-refractivity contribution in [2.75, 3.05) is 13.1 Å². The Morgan fingerprint density at radius 2 is 1.38 bits per heavy atom. The van der Waals surface area contributed by atoms with E-state index in [4.69, 9.17) is 13.1 Å². The molecule has 2 nitrogen and oxygen atoms in total. The zero-order valence-electron chi connectivity index (χ0n) is 7.74. The largest absolute Gasteiger partial charge is 0.317 e. The lowest BCUT2D eigenvalue weighted by Crippen LogP contribution is -2.26. The summed E-state index contributed by atoms with van der Waals surface area (Å²) in [4.78, 5) is 7.03. The quantitative estimate of drug-likeness (QED) is 0.569. The molecular weight excluding hydrogens is 160 g/mol. The third kappa shape index (κ3) is 1.31. The predicted octanol–water partition coefficient (Wildman–Crippen LogP) is 2.49. The molecule has 4 atom stereocenters. The third-order valence-electron chi connectivity index (χ3n) is 3.88. The molecule has 0 aromatic carbocycles. The van der Waals surface area contributed by atoms with E-state index < -0.39 is 0 Å². The molecule has 2 bridgehead atoms. The van der Waals surface area contributed by atoms with Gasteiger partial charge in [0, 0.05) is 11.8 Å². The van der Waals surface area contributed by atoms with Crippen LogP contribution in [0.1, 0.15) is 19.3 Å². The van der Waals surface area contributed by atoms with Crippen molar-refractivity contribution in [3.05, 3.63) is 22.8 Å². The van der Waals surface area contributed by atoms with Crippen molar-refractivity contribution in [2.45, 2.75) is 19.3 Å². The molecule has 2 aliphatic carbocycles. The van der Waals surface area contributed by atoms with E-state index in [0.717, 1.165) is 11.8 Å². The minimum atomic E-state index is 0.561. The van der Waals surface area contributed by atoms with Crippen molar-refractivity contribution in [1.82, 2.24) is 0 Å². The Labute approximate surface area is 79.6 Å². The number of hydrogen-bond acceptors (Lipinski definition) is 0. The van der Waals surface area contributed by atoms with Crippen molar-refractivity contribution in [3.8, 4) is 0 Å². The van der Waals surface area contributed by atoms with Gasteiger partial charge >= 0.3 is 0 Å². The summed E-state index contributed by atoms with van der Waals surface area (Å²) < 4.78 is 0. The van der Waals surface area contributed by atoms with Crippen LogP contribution in [0.4, 0.5) is 0 Å². The minimum Gasteiger partial charge on any atom is -0.317 e. The molecule has 4 unspecified atom stereocenters. The van der Waals surface area contributed by atoms with Crippen molar-refractivity contribution in [1.29, 1.82) is 0 Å².